The first-order valence-corrected chi connectivity index (χ1v) is 9.74. The fourth-order valence-corrected chi connectivity index (χ4v) is 3.80. The number of rotatable bonds is 6. The van der Waals surface area contributed by atoms with Crippen LogP contribution < -0.4 is 9.46 Å². The molecule has 1 N–H and O–H groups in total. The molecule has 8 heteroatoms. The molecule has 4 nitrogen and oxygen atoms in total. The molecule has 0 fully saturated rings. The second kappa shape index (κ2) is 7.85. The van der Waals surface area contributed by atoms with Gasteiger partial charge in [0.15, 0.2) is 0 Å². The molecule has 0 aliphatic heterocycles. The van der Waals surface area contributed by atoms with Crippen LogP contribution in [0.15, 0.2) is 40.9 Å². The van der Waals surface area contributed by atoms with Gasteiger partial charge in [-0.2, -0.15) is 0 Å². The van der Waals surface area contributed by atoms with Gasteiger partial charge in [-0.15, -0.1) is 0 Å². The van der Waals surface area contributed by atoms with Gasteiger partial charge in [-0.05, 0) is 35.9 Å². The van der Waals surface area contributed by atoms with Crippen LogP contribution >= 0.6 is 39.1 Å². The van der Waals surface area contributed by atoms with E-state index in [0.717, 1.165) is 10.0 Å². The molecule has 0 spiro atoms. The summed E-state index contributed by atoms with van der Waals surface area (Å²) in [7, 11) is -1.98. The zero-order valence-corrected chi connectivity index (χ0v) is 16.1. The summed E-state index contributed by atoms with van der Waals surface area (Å²) in [6.45, 7) is 0.131. The van der Waals surface area contributed by atoms with Gasteiger partial charge in [0.2, 0.25) is 10.0 Å². The predicted molar refractivity (Wildman–Crippen MR) is 96.6 cm³/mol. The Hall–Kier alpha value is -0.790. The normalized spacial score (nSPS) is 11.5. The first-order valence-electron chi connectivity index (χ1n) is 6.54. The largest absolute Gasteiger partial charge is 0.496 e. The average molecular weight is 439 g/mol. The van der Waals surface area contributed by atoms with E-state index < -0.39 is 10.0 Å². The molecule has 0 aromatic heterocycles. The van der Waals surface area contributed by atoms with Crippen molar-refractivity contribution in [3.63, 3.8) is 0 Å². The molecule has 0 heterocycles. The Balaban J connectivity index is 2.10. The van der Waals surface area contributed by atoms with Crippen LogP contribution in [0.5, 0.6) is 5.75 Å². The van der Waals surface area contributed by atoms with Gasteiger partial charge in [0.1, 0.15) is 5.75 Å². The predicted octanol–water partition coefficient (Wildman–Crippen LogP) is 4.38. The van der Waals surface area contributed by atoms with Gasteiger partial charge in [0, 0.05) is 16.6 Å². The summed E-state index contributed by atoms with van der Waals surface area (Å²) in [6.07, 6.45) is 0. The minimum absolute atomic E-state index is 0.131. The molecule has 0 bridgehead atoms. The highest BCUT2D eigenvalue weighted by Crippen LogP contribution is 2.24. The standard InChI is InChI=1S/C15H14BrCl2NO3S/c1-22-15-5-3-12(16)7-11(15)8-19-23(20,21)9-10-2-4-13(17)14(18)6-10/h2-7,19H,8-9H2,1H3. The molecule has 0 unspecified atom stereocenters. The fourth-order valence-electron chi connectivity index (χ4n) is 1.97. The van der Waals surface area contributed by atoms with Crippen molar-refractivity contribution >= 4 is 49.2 Å². The molecule has 2 aromatic rings. The number of hydrogen-bond donors (Lipinski definition) is 1. The van der Waals surface area contributed by atoms with Crippen LogP contribution in [-0.2, 0) is 22.3 Å². The molecule has 23 heavy (non-hydrogen) atoms. The lowest BCUT2D eigenvalue weighted by atomic mass is 10.2. The lowest BCUT2D eigenvalue weighted by molar-refractivity contribution is 0.409. The van der Waals surface area contributed by atoms with Crippen LogP contribution in [0.4, 0.5) is 0 Å². The van der Waals surface area contributed by atoms with Gasteiger partial charge >= 0.3 is 0 Å². The number of methoxy groups -OCH3 is 1. The van der Waals surface area contributed by atoms with Gasteiger partial charge < -0.3 is 4.74 Å². The second-order valence-electron chi connectivity index (χ2n) is 4.78. The summed E-state index contributed by atoms with van der Waals surface area (Å²) >= 11 is 15.1. The third kappa shape index (κ3) is 5.36. The van der Waals surface area contributed by atoms with Gasteiger partial charge in [-0.25, -0.2) is 13.1 Å². The van der Waals surface area contributed by atoms with E-state index in [-0.39, 0.29) is 12.3 Å². The highest BCUT2D eigenvalue weighted by molar-refractivity contribution is 9.10. The topological polar surface area (TPSA) is 55.4 Å². The van der Waals surface area contributed by atoms with Crippen LogP contribution in [0.2, 0.25) is 10.0 Å². The van der Waals surface area contributed by atoms with Crippen molar-refractivity contribution in [2.45, 2.75) is 12.3 Å². The van der Waals surface area contributed by atoms with Crippen LogP contribution in [0.3, 0.4) is 0 Å². The number of halogens is 3. The molecule has 0 saturated carbocycles. The SMILES string of the molecule is COc1ccc(Br)cc1CNS(=O)(=O)Cc1ccc(Cl)c(Cl)c1. The first-order chi connectivity index (χ1) is 10.8. The van der Waals surface area contributed by atoms with Crippen molar-refractivity contribution in [3.05, 3.63) is 62.0 Å². The van der Waals surface area contributed by atoms with E-state index in [2.05, 4.69) is 20.7 Å². The Morgan fingerprint density at radius 1 is 1.13 bits per heavy atom. The molecule has 0 atom stereocenters. The lowest BCUT2D eigenvalue weighted by Gasteiger charge is -2.11. The van der Waals surface area contributed by atoms with Crippen LogP contribution in [0.1, 0.15) is 11.1 Å². The van der Waals surface area contributed by atoms with Gasteiger partial charge in [-0.1, -0.05) is 45.2 Å². The summed E-state index contributed by atoms with van der Waals surface area (Å²) in [4.78, 5) is 0. The molecule has 2 rings (SSSR count). The molecular weight excluding hydrogens is 425 g/mol. The van der Waals surface area contributed by atoms with E-state index in [1.807, 2.05) is 6.07 Å². The molecular formula is C15H14BrCl2NO3S. The highest BCUT2D eigenvalue weighted by Gasteiger charge is 2.14. The summed E-state index contributed by atoms with van der Waals surface area (Å²) in [6, 6.07) is 10.2. The number of hydrogen-bond acceptors (Lipinski definition) is 3. The molecule has 2 aromatic carbocycles. The maximum atomic E-state index is 12.2. The third-order valence-corrected chi connectivity index (χ3v) is 5.60. The van der Waals surface area contributed by atoms with Crippen molar-refractivity contribution in [1.29, 1.82) is 0 Å². The molecule has 124 valence electrons. The van der Waals surface area contributed by atoms with E-state index in [0.29, 0.717) is 21.4 Å². The minimum Gasteiger partial charge on any atom is -0.496 e. The molecule has 0 aliphatic rings. The van der Waals surface area contributed by atoms with Gasteiger partial charge in [-0.3, -0.25) is 0 Å². The number of sulfonamides is 1. The Bertz CT molecular complexity index is 812. The Morgan fingerprint density at radius 3 is 2.52 bits per heavy atom. The maximum Gasteiger partial charge on any atom is 0.216 e. The van der Waals surface area contributed by atoms with E-state index in [1.54, 1.807) is 30.3 Å². The lowest BCUT2D eigenvalue weighted by Crippen LogP contribution is -2.25. The van der Waals surface area contributed by atoms with E-state index >= 15 is 0 Å². The van der Waals surface area contributed by atoms with Crippen LogP contribution in [0.25, 0.3) is 0 Å². The van der Waals surface area contributed by atoms with E-state index in [9.17, 15) is 8.42 Å². The highest BCUT2D eigenvalue weighted by atomic mass is 79.9. The Morgan fingerprint density at radius 2 is 1.87 bits per heavy atom. The quantitative estimate of drug-likeness (QED) is 0.727. The number of benzene rings is 2. The molecule has 0 amide bonds. The Labute approximate surface area is 153 Å². The summed E-state index contributed by atoms with van der Waals surface area (Å²) in [5, 5.41) is 0.715. The molecule has 0 radical (unpaired) electrons. The van der Waals surface area contributed by atoms with E-state index in [1.165, 1.54) is 7.11 Å². The Kier molecular flexibility index (Phi) is 6.33. The first kappa shape index (κ1) is 18.5. The smallest absolute Gasteiger partial charge is 0.216 e. The molecule has 0 saturated heterocycles. The zero-order chi connectivity index (χ0) is 17.0. The van der Waals surface area contributed by atoms with Crippen molar-refractivity contribution in [2.24, 2.45) is 0 Å². The van der Waals surface area contributed by atoms with Crippen LogP contribution in [-0.4, -0.2) is 15.5 Å². The van der Waals surface area contributed by atoms with Crippen molar-refractivity contribution in [2.75, 3.05) is 7.11 Å². The van der Waals surface area contributed by atoms with Crippen molar-refractivity contribution in [1.82, 2.24) is 4.72 Å². The average Bonchev–Trinajstić information content (AvgIpc) is 2.49. The second-order valence-corrected chi connectivity index (χ2v) is 8.32. The zero-order valence-electron chi connectivity index (χ0n) is 12.1. The van der Waals surface area contributed by atoms with Gasteiger partial charge in [0.05, 0.1) is 22.9 Å². The summed E-state index contributed by atoms with van der Waals surface area (Å²) in [5.41, 5.74) is 1.30. The maximum absolute atomic E-state index is 12.2. The fraction of sp³-hybridized carbons (Fsp3) is 0.200. The van der Waals surface area contributed by atoms with Crippen molar-refractivity contribution in [3.8, 4) is 5.75 Å². The summed E-state index contributed by atoms with van der Waals surface area (Å²) < 4.78 is 33.1. The summed E-state index contributed by atoms with van der Waals surface area (Å²) in [5.74, 6) is 0.436. The number of nitrogens with one attached hydrogen (secondary N) is 1. The monoisotopic (exact) mass is 437 g/mol. The van der Waals surface area contributed by atoms with Gasteiger partial charge in [0.25, 0.3) is 0 Å². The van der Waals surface area contributed by atoms with E-state index in [4.69, 9.17) is 27.9 Å². The minimum atomic E-state index is -3.52. The van der Waals surface area contributed by atoms with Crippen LogP contribution in [0, 0.1) is 0 Å². The number of ether oxygens (including phenoxy) is 1. The van der Waals surface area contributed by atoms with Crippen molar-refractivity contribution < 1.29 is 13.2 Å². The third-order valence-electron chi connectivity index (χ3n) is 3.07. The molecule has 0 aliphatic carbocycles.